The number of halogens is 1. The molecule has 0 aliphatic rings. The first-order chi connectivity index (χ1) is 13.4. The molecule has 5 nitrogen and oxygen atoms in total. The van der Waals surface area contributed by atoms with Crippen LogP contribution < -0.4 is 8.92 Å². The molecule has 28 heavy (non-hydrogen) atoms. The Balaban J connectivity index is 1.77. The predicted molar refractivity (Wildman–Crippen MR) is 106 cm³/mol. The lowest BCUT2D eigenvalue weighted by atomic mass is 10.1. The molecule has 7 heteroatoms. The van der Waals surface area contributed by atoms with Crippen LogP contribution in [0.5, 0.6) is 11.5 Å². The molecule has 0 fully saturated rings. The maximum Gasteiger partial charge on any atom is 0.340 e. The lowest BCUT2D eigenvalue weighted by Gasteiger charge is -2.12. The van der Waals surface area contributed by atoms with Gasteiger partial charge in [-0.15, -0.1) is 0 Å². The molecule has 0 N–H and O–H groups in total. The summed E-state index contributed by atoms with van der Waals surface area (Å²) in [5.74, 6) is 0.600. The molecular weight excluding hydrogens is 398 g/mol. The predicted octanol–water partition coefficient (Wildman–Crippen LogP) is 4.87. The second-order valence-electron chi connectivity index (χ2n) is 6.05. The Morgan fingerprint density at radius 2 is 1.68 bits per heavy atom. The van der Waals surface area contributed by atoms with Gasteiger partial charge in [0.2, 0.25) is 0 Å². The maximum absolute atomic E-state index is 12.5. The van der Waals surface area contributed by atoms with Gasteiger partial charge in [-0.1, -0.05) is 35.9 Å². The summed E-state index contributed by atoms with van der Waals surface area (Å²) in [6.07, 6.45) is 0. The highest BCUT2D eigenvalue weighted by molar-refractivity contribution is 7.87. The fourth-order valence-electron chi connectivity index (χ4n) is 2.51. The molecule has 3 rings (SSSR count). The van der Waals surface area contributed by atoms with E-state index in [1.54, 1.807) is 48.5 Å². The summed E-state index contributed by atoms with van der Waals surface area (Å²) in [5.41, 5.74) is 2.23. The zero-order valence-electron chi connectivity index (χ0n) is 14.9. The van der Waals surface area contributed by atoms with Gasteiger partial charge in [0.1, 0.15) is 23.0 Å². The normalized spacial score (nSPS) is 10.9. The molecule has 3 aromatic rings. The highest BCUT2D eigenvalue weighted by Gasteiger charge is 2.20. The Morgan fingerprint density at radius 1 is 1.00 bits per heavy atom. The van der Waals surface area contributed by atoms with Crippen LogP contribution >= 0.6 is 11.6 Å². The van der Waals surface area contributed by atoms with Crippen molar-refractivity contribution in [2.45, 2.75) is 18.4 Å². The standard InChI is InChI=1S/C21H16ClNO4S/c1-15-10-18(26-14-17-8-6-16(13-23)7-9-17)12-19(11-15)27-28(24,25)21-5-3-2-4-20(21)22/h2-12H,14H2,1H3. The smallest absolute Gasteiger partial charge is 0.340 e. The van der Waals surface area contributed by atoms with Gasteiger partial charge < -0.3 is 8.92 Å². The van der Waals surface area contributed by atoms with E-state index in [4.69, 9.17) is 25.8 Å². The van der Waals surface area contributed by atoms with Crippen LogP contribution in [0.15, 0.2) is 71.6 Å². The lowest BCUT2D eigenvalue weighted by Crippen LogP contribution is -2.10. The van der Waals surface area contributed by atoms with E-state index in [2.05, 4.69) is 6.07 Å². The number of ether oxygens (including phenoxy) is 1. The second kappa shape index (κ2) is 8.34. The number of hydrogen-bond donors (Lipinski definition) is 0. The van der Waals surface area contributed by atoms with Gasteiger partial charge in [-0.3, -0.25) is 0 Å². The van der Waals surface area contributed by atoms with Gasteiger partial charge in [0.25, 0.3) is 0 Å². The van der Waals surface area contributed by atoms with Crippen molar-refractivity contribution in [3.8, 4) is 17.6 Å². The number of rotatable bonds is 6. The van der Waals surface area contributed by atoms with Crippen LogP contribution in [0, 0.1) is 18.3 Å². The number of nitrogens with zero attached hydrogens (tertiary/aromatic N) is 1. The van der Waals surface area contributed by atoms with Gasteiger partial charge in [0, 0.05) is 6.07 Å². The minimum atomic E-state index is -4.07. The first-order valence-corrected chi connectivity index (χ1v) is 10.1. The first-order valence-electron chi connectivity index (χ1n) is 8.30. The molecule has 0 heterocycles. The molecule has 0 amide bonds. The lowest BCUT2D eigenvalue weighted by molar-refractivity contribution is 0.305. The molecule has 142 valence electrons. The molecule has 0 unspecified atom stereocenters. The average molecular weight is 414 g/mol. The van der Waals surface area contributed by atoms with E-state index in [9.17, 15) is 8.42 Å². The van der Waals surface area contributed by atoms with Crippen molar-refractivity contribution in [2.24, 2.45) is 0 Å². The van der Waals surface area contributed by atoms with Gasteiger partial charge in [0.15, 0.2) is 0 Å². The van der Waals surface area contributed by atoms with Crippen LogP contribution in [0.2, 0.25) is 5.02 Å². The zero-order chi connectivity index (χ0) is 20.1. The molecule has 0 aliphatic heterocycles. The Morgan fingerprint density at radius 3 is 2.36 bits per heavy atom. The molecule has 0 saturated heterocycles. The van der Waals surface area contributed by atoms with Gasteiger partial charge >= 0.3 is 10.1 Å². The molecule has 0 bridgehead atoms. The fraction of sp³-hybridized carbons (Fsp3) is 0.0952. The fourth-order valence-corrected chi connectivity index (χ4v) is 3.92. The third kappa shape index (κ3) is 4.83. The minimum Gasteiger partial charge on any atom is -0.489 e. The molecule has 0 spiro atoms. The van der Waals surface area contributed by atoms with Gasteiger partial charge in [0.05, 0.1) is 16.7 Å². The molecule has 0 aromatic heterocycles. The third-order valence-electron chi connectivity index (χ3n) is 3.82. The third-order valence-corrected chi connectivity index (χ3v) is 5.57. The Labute approximate surface area is 168 Å². The van der Waals surface area contributed by atoms with Crippen molar-refractivity contribution in [3.63, 3.8) is 0 Å². The molecule has 3 aromatic carbocycles. The van der Waals surface area contributed by atoms with Gasteiger partial charge in [-0.2, -0.15) is 13.7 Å². The van der Waals surface area contributed by atoms with Crippen molar-refractivity contribution < 1.29 is 17.3 Å². The molecule has 0 radical (unpaired) electrons. The highest BCUT2D eigenvalue weighted by atomic mass is 35.5. The minimum absolute atomic E-state index is 0.0902. The van der Waals surface area contributed by atoms with Crippen LogP contribution in [0.25, 0.3) is 0 Å². The number of aryl methyl sites for hydroxylation is 1. The Kier molecular flexibility index (Phi) is 5.88. The van der Waals surface area contributed by atoms with Crippen LogP contribution in [0.3, 0.4) is 0 Å². The van der Waals surface area contributed by atoms with Crippen LogP contribution in [0.1, 0.15) is 16.7 Å². The maximum atomic E-state index is 12.5. The average Bonchev–Trinajstić information content (AvgIpc) is 2.66. The van der Waals surface area contributed by atoms with E-state index >= 15 is 0 Å². The monoisotopic (exact) mass is 413 g/mol. The van der Waals surface area contributed by atoms with E-state index in [1.165, 1.54) is 18.2 Å². The van der Waals surface area contributed by atoms with Gasteiger partial charge in [-0.05, 0) is 54.4 Å². The quantitative estimate of drug-likeness (QED) is 0.539. The van der Waals surface area contributed by atoms with E-state index in [0.29, 0.717) is 11.3 Å². The summed E-state index contributed by atoms with van der Waals surface area (Å²) in [6.45, 7) is 2.08. The van der Waals surface area contributed by atoms with Crippen LogP contribution in [0.4, 0.5) is 0 Å². The largest absolute Gasteiger partial charge is 0.489 e. The van der Waals surface area contributed by atoms with Crippen LogP contribution in [-0.2, 0) is 16.7 Å². The SMILES string of the molecule is Cc1cc(OCc2ccc(C#N)cc2)cc(OS(=O)(=O)c2ccccc2Cl)c1. The first kappa shape index (κ1) is 19.7. The second-order valence-corrected chi connectivity index (χ2v) is 7.97. The topological polar surface area (TPSA) is 76.4 Å². The van der Waals surface area contributed by atoms with E-state index in [-0.39, 0.29) is 22.3 Å². The zero-order valence-corrected chi connectivity index (χ0v) is 16.5. The summed E-state index contributed by atoms with van der Waals surface area (Å²) in [7, 11) is -4.07. The van der Waals surface area contributed by atoms with Crippen molar-refractivity contribution in [2.75, 3.05) is 0 Å². The molecule has 0 aliphatic carbocycles. The van der Waals surface area contributed by atoms with Gasteiger partial charge in [-0.25, -0.2) is 0 Å². The number of hydrogen-bond acceptors (Lipinski definition) is 5. The summed E-state index contributed by atoms with van der Waals surface area (Å²) in [5, 5.41) is 8.93. The highest BCUT2D eigenvalue weighted by Crippen LogP contribution is 2.28. The molecule has 0 saturated carbocycles. The van der Waals surface area contributed by atoms with E-state index < -0.39 is 10.1 Å². The summed E-state index contributed by atoms with van der Waals surface area (Å²) in [4.78, 5) is -0.0989. The van der Waals surface area contributed by atoms with Crippen LogP contribution in [-0.4, -0.2) is 8.42 Å². The molecular formula is C21H16ClNO4S. The number of nitriles is 1. The van der Waals surface area contributed by atoms with E-state index in [1.807, 2.05) is 6.92 Å². The number of benzene rings is 3. The summed E-state index contributed by atoms with van der Waals surface area (Å²) < 4.78 is 36.0. The molecule has 0 atom stereocenters. The van der Waals surface area contributed by atoms with E-state index in [0.717, 1.165) is 11.1 Å². The van der Waals surface area contributed by atoms with Crippen molar-refractivity contribution in [1.29, 1.82) is 5.26 Å². The van der Waals surface area contributed by atoms with Crippen molar-refractivity contribution >= 4 is 21.7 Å². The van der Waals surface area contributed by atoms with Crippen molar-refractivity contribution in [3.05, 3.63) is 88.4 Å². The summed E-state index contributed by atoms with van der Waals surface area (Å²) >= 11 is 5.97. The summed E-state index contributed by atoms with van der Waals surface area (Å²) in [6, 6.07) is 20.0. The Hall–Kier alpha value is -3.01. The Bertz CT molecular complexity index is 1140. The van der Waals surface area contributed by atoms with Crippen molar-refractivity contribution in [1.82, 2.24) is 0 Å².